The van der Waals surface area contributed by atoms with Gasteiger partial charge in [0.1, 0.15) is 23.4 Å². The number of rotatable bonds is 5. The van der Waals surface area contributed by atoms with E-state index in [9.17, 15) is 0 Å². The average Bonchev–Trinajstić information content (AvgIpc) is 3.07. The first kappa shape index (κ1) is 19.8. The molecule has 0 spiro atoms. The van der Waals surface area contributed by atoms with Crippen molar-refractivity contribution in [1.82, 2.24) is 19.9 Å². The van der Waals surface area contributed by atoms with E-state index >= 15 is 0 Å². The number of nitrogens with zero attached hydrogens (tertiary/aromatic N) is 4. The highest BCUT2D eigenvalue weighted by atomic mass is 32.1. The topological polar surface area (TPSA) is 76.7 Å². The lowest BCUT2D eigenvalue weighted by Crippen LogP contribution is -2.11. The van der Waals surface area contributed by atoms with Crippen LogP contribution >= 0.6 is 13.5 Å². The first-order chi connectivity index (χ1) is 13.1. The summed E-state index contributed by atoms with van der Waals surface area (Å²) in [7, 11) is 0. The van der Waals surface area contributed by atoms with Crippen molar-refractivity contribution in [3.63, 3.8) is 0 Å². The SMILES string of the molecule is Cc1ccc(-c2cc(NC[C@@H](C)c3ccnc4cc(C)oc34)ncn2)cn1.S. The Morgan fingerprint density at radius 2 is 1.89 bits per heavy atom. The molecule has 0 fully saturated rings. The lowest BCUT2D eigenvalue weighted by atomic mass is 10.0. The lowest BCUT2D eigenvalue weighted by molar-refractivity contribution is 0.570. The van der Waals surface area contributed by atoms with Gasteiger partial charge in [-0.25, -0.2) is 9.97 Å². The van der Waals surface area contributed by atoms with Crippen LogP contribution in [0.5, 0.6) is 0 Å². The highest BCUT2D eigenvalue weighted by Gasteiger charge is 2.14. The van der Waals surface area contributed by atoms with Gasteiger partial charge in [-0.2, -0.15) is 13.5 Å². The van der Waals surface area contributed by atoms with Crippen molar-refractivity contribution in [3.8, 4) is 11.3 Å². The van der Waals surface area contributed by atoms with Crippen LogP contribution in [-0.4, -0.2) is 26.5 Å². The predicted molar refractivity (Wildman–Crippen MR) is 116 cm³/mol. The van der Waals surface area contributed by atoms with Crippen LogP contribution in [0.2, 0.25) is 0 Å². The summed E-state index contributed by atoms with van der Waals surface area (Å²) in [6, 6.07) is 9.92. The van der Waals surface area contributed by atoms with Crippen molar-refractivity contribution >= 4 is 30.4 Å². The van der Waals surface area contributed by atoms with Gasteiger partial charge in [0, 0.05) is 53.8 Å². The third-order valence-electron chi connectivity index (χ3n) is 4.56. The molecule has 4 aromatic heterocycles. The molecule has 4 aromatic rings. The number of aryl methyl sites for hydroxylation is 2. The molecular weight excluding hydrogens is 370 g/mol. The Balaban J connectivity index is 0.00000225. The molecule has 7 heteroatoms. The smallest absolute Gasteiger partial charge is 0.156 e. The third kappa shape index (κ3) is 4.14. The molecule has 28 heavy (non-hydrogen) atoms. The molecule has 0 aromatic carbocycles. The Labute approximate surface area is 170 Å². The molecule has 1 atom stereocenters. The molecule has 6 nitrogen and oxygen atoms in total. The Bertz CT molecular complexity index is 1080. The molecule has 0 aliphatic rings. The maximum atomic E-state index is 5.84. The minimum Gasteiger partial charge on any atom is -0.459 e. The number of fused-ring (bicyclic) bond motifs is 1. The van der Waals surface area contributed by atoms with Gasteiger partial charge in [0.2, 0.25) is 0 Å². The molecule has 4 rings (SSSR count). The number of anilines is 1. The van der Waals surface area contributed by atoms with Gasteiger partial charge in [-0.15, -0.1) is 0 Å². The molecule has 144 valence electrons. The van der Waals surface area contributed by atoms with Crippen LogP contribution in [0.25, 0.3) is 22.4 Å². The second-order valence-corrected chi connectivity index (χ2v) is 6.73. The highest BCUT2D eigenvalue weighted by molar-refractivity contribution is 7.59. The van der Waals surface area contributed by atoms with E-state index in [-0.39, 0.29) is 19.4 Å². The molecule has 0 amide bonds. The first-order valence-electron chi connectivity index (χ1n) is 8.94. The van der Waals surface area contributed by atoms with E-state index in [0.717, 1.165) is 51.7 Å². The van der Waals surface area contributed by atoms with E-state index in [1.165, 1.54) is 0 Å². The summed E-state index contributed by atoms with van der Waals surface area (Å²) in [4.78, 5) is 17.4. The van der Waals surface area contributed by atoms with Crippen LogP contribution in [0.3, 0.4) is 0 Å². The van der Waals surface area contributed by atoms with Gasteiger partial charge in [0.05, 0.1) is 5.69 Å². The van der Waals surface area contributed by atoms with E-state index in [0.29, 0.717) is 0 Å². The molecule has 4 heterocycles. The van der Waals surface area contributed by atoms with Crippen molar-refractivity contribution in [2.75, 3.05) is 11.9 Å². The fourth-order valence-corrected chi connectivity index (χ4v) is 3.06. The van der Waals surface area contributed by atoms with E-state index in [2.05, 4.69) is 32.2 Å². The number of pyridine rings is 2. The van der Waals surface area contributed by atoms with Crippen LogP contribution in [0, 0.1) is 13.8 Å². The van der Waals surface area contributed by atoms with Crippen LogP contribution < -0.4 is 5.32 Å². The van der Waals surface area contributed by atoms with Gasteiger partial charge in [-0.3, -0.25) is 9.97 Å². The van der Waals surface area contributed by atoms with Crippen molar-refractivity contribution in [1.29, 1.82) is 0 Å². The van der Waals surface area contributed by atoms with Gasteiger partial charge in [-0.1, -0.05) is 6.92 Å². The number of hydrogen-bond acceptors (Lipinski definition) is 6. The van der Waals surface area contributed by atoms with E-state index in [4.69, 9.17) is 4.42 Å². The Morgan fingerprint density at radius 1 is 1.04 bits per heavy atom. The summed E-state index contributed by atoms with van der Waals surface area (Å²) in [5, 5.41) is 3.40. The molecule has 0 aliphatic heterocycles. The molecule has 0 unspecified atom stereocenters. The molecule has 0 radical (unpaired) electrons. The van der Waals surface area contributed by atoms with Gasteiger partial charge < -0.3 is 9.73 Å². The van der Waals surface area contributed by atoms with Gasteiger partial charge in [0.25, 0.3) is 0 Å². The Kier molecular flexibility index (Phi) is 5.94. The van der Waals surface area contributed by atoms with Crippen molar-refractivity contribution < 1.29 is 4.42 Å². The minimum atomic E-state index is 0. The van der Waals surface area contributed by atoms with Crippen LogP contribution in [-0.2, 0) is 0 Å². The fourth-order valence-electron chi connectivity index (χ4n) is 3.06. The van der Waals surface area contributed by atoms with Gasteiger partial charge >= 0.3 is 0 Å². The maximum Gasteiger partial charge on any atom is 0.156 e. The monoisotopic (exact) mass is 393 g/mol. The zero-order valence-corrected chi connectivity index (χ0v) is 17.1. The number of furan rings is 1. The fraction of sp³-hybridized carbons (Fsp3) is 0.238. The molecule has 0 aliphatic carbocycles. The predicted octanol–water partition coefficient (Wildman–Crippen LogP) is 4.63. The summed E-state index contributed by atoms with van der Waals surface area (Å²) >= 11 is 0. The van der Waals surface area contributed by atoms with Crippen molar-refractivity contribution in [2.45, 2.75) is 26.7 Å². The van der Waals surface area contributed by atoms with Gasteiger partial charge in [-0.05, 0) is 32.0 Å². The zero-order valence-electron chi connectivity index (χ0n) is 16.1. The molecule has 0 bridgehead atoms. The highest BCUT2D eigenvalue weighted by Crippen LogP contribution is 2.27. The summed E-state index contributed by atoms with van der Waals surface area (Å²) in [5.74, 6) is 1.89. The van der Waals surface area contributed by atoms with Crippen LogP contribution in [0.1, 0.15) is 29.9 Å². The van der Waals surface area contributed by atoms with Crippen LogP contribution in [0.4, 0.5) is 5.82 Å². The largest absolute Gasteiger partial charge is 0.459 e. The standard InChI is InChI=1S/C21H21N5O.H2S/c1-13(17-6-7-22-19-8-15(3)27-21(17)19)10-24-20-9-18(25-12-26-20)16-5-4-14(2)23-11-16;/h4-9,11-13H,10H2,1-3H3,(H,24,25,26);1H2/t13-;/m1./s1. The van der Waals surface area contributed by atoms with Gasteiger partial charge in [0.15, 0.2) is 5.58 Å². The maximum absolute atomic E-state index is 5.84. The Morgan fingerprint density at radius 3 is 2.68 bits per heavy atom. The second kappa shape index (κ2) is 8.39. The third-order valence-corrected chi connectivity index (χ3v) is 4.56. The summed E-state index contributed by atoms with van der Waals surface area (Å²) in [5.41, 5.74) is 5.70. The molecule has 1 N–H and O–H groups in total. The normalized spacial score (nSPS) is 11.8. The van der Waals surface area contributed by atoms with E-state index in [1.54, 1.807) is 6.33 Å². The lowest BCUT2D eigenvalue weighted by Gasteiger charge is -2.14. The van der Waals surface area contributed by atoms with Crippen LogP contribution in [0.15, 0.2) is 53.5 Å². The quantitative estimate of drug-likeness (QED) is 0.533. The minimum absolute atomic E-state index is 0. The number of nitrogens with one attached hydrogen (secondary N) is 1. The first-order valence-corrected chi connectivity index (χ1v) is 8.94. The average molecular weight is 394 g/mol. The zero-order chi connectivity index (χ0) is 18.8. The van der Waals surface area contributed by atoms with E-state index < -0.39 is 0 Å². The second-order valence-electron chi connectivity index (χ2n) is 6.73. The Hall–Kier alpha value is -2.93. The van der Waals surface area contributed by atoms with Crippen molar-refractivity contribution in [2.24, 2.45) is 0 Å². The summed E-state index contributed by atoms with van der Waals surface area (Å²) < 4.78 is 5.84. The number of aromatic nitrogens is 4. The molecule has 0 saturated heterocycles. The van der Waals surface area contributed by atoms with Crippen molar-refractivity contribution in [3.05, 3.63) is 66.1 Å². The number of hydrogen-bond donors (Lipinski definition) is 1. The van der Waals surface area contributed by atoms with E-state index in [1.807, 2.05) is 56.6 Å². The summed E-state index contributed by atoms with van der Waals surface area (Å²) in [6.45, 7) is 6.79. The molecule has 0 saturated carbocycles. The summed E-state index contributed by atoms with van der Waals surface area (Å²) in [6.07, 6.45) is 5.23. The molecular formula is C21H23N5OS.